The van der Waals surface area contributed by atoms with Crippen molar-refractivity contribution in [2.45, 2.75) is 32.8 Å². The van der Waals surface area contributed by atoms with Crippen molar-refractivity contribution in [3.05, 3.63) is 24.3 Å². The zero-order valence-corrected chi connectivity index (χ0v) is 9.36. The first-order chi connectivity index (χ1) is 7.14. The third-order valence-electron chi connectivity index (χ3n) is 2.41. The number of nitrogens with zero attached hydrogens (tertiary/aromatic N) is 2. The number of aromatic nitrogens is 2. The van der Waals surface area contributed by atoms with Gasteiger partial charge in [0.05, 0.1) is 6.20 Å². The Morgan fingerprint density at radius 1 is 1.47 bits per heavy atom. The predicted octanol–water partition coefficient (Wildman–Crippen LogP) is 1.86. The summed E-state index contributed by atoms with van der Waals surface area (Å²) in [6.07, 6.45) is 5.14. The van der Waals surface area contributed by atoms with Gasteiger partial charge < -0.3 is 4.74 Å². The lowest BCUT2D eigenvalue weighted by atomic mass is 9.95. The molecule has 0 saturated heterocycles. The van der Waals surface area contributed by atoms with Crippen molar-refractivity contribution in [2.75, 3.05) is 6.61 Å². The lowest BCUT2D eigenvalue weighted by Gasteiger charge is -2.25. The Morgan fingerprint density at radius 3 is 2.67 bits per heavy atom. The van der Waals surface area contributed by atoms with Crippen molar-refractivity contribution in [3.8, 4) is 0 Å². The van der Waals surface area contributed by atoms with E-state index in [1.807, 2.05) is 13.8 Å². The Balaban J connectivity index is 2.92. The van der Waals surface area contributed by atoms with Crippen LogP contribution in [0.2, 0.25) is 0 Å². The molecule has 1 unspecified atom stereocenters. The van der Waals surface area contributed by atoms with Gasteiger partial charge in [0.25, 0.3) is 0 Å². The Morgan fingerprint density at radius 2 is 2.20 bits per heavy atom. The van der Waals surface area contributed by atoms with E-state index in [1.54, 1.807) is 13.1 Å². The Hall–Kier alpha value is -1.29. The normalized spacial score (nSPS) is 14.6. The second-order valence-electron chi connectivity index (χ2n) is 3.44. The van der Waals surface area contributed by atoms with Crippen LogP contribution in [0.3, 0.4) is 0 Å². The van der Waals surface area contributed by atoms with Crippen LogP contribution in [0.25, 0.3) is 0 Å². The molecule has 0 aromatic carbocycles. The Bertz CT molecular complexity index is 327. The molecule has 0 fully saturated rings. The molecule has 0 aliphatic carbocycles. The number of hydrogen-bond donors (Lipinski definition) is 0. The number of hydrogen-bond acceptors (Lipinski definition) is 4. The average Bonchev–Trinajstić information content (AvgIpc) is 2.29. The van der Waals surface area contributed by atoms with E-state index in [4.69, 9.17) is 4.74 Å². The molecular weight excluding hydrogens is 192 g/mol. The van der Waals surface area contributed by atoms with Gasteiger partial charge in [0, 0.05) is 19.0 Å². The highest BCUT2D eigenvalue weighted by Gasteiger charge is 2.33. The van der Waals surface area contributed by atoms with E-state index in [1.165, 1.54) is 12.4 Å². The first-order valence-electron chi connectivity index (χ1n) is 5.08. The number of ether oxygens (including phenoxy) is 1. The minimum absolute atomic E-state index is 0.111. The van der Waals surface area contributed by atoms with Gasteiger partial charge in [0.2, 0.25) is 5.78 Å². The van der Waals surface area contributed by atoms with E-state index >= 15 is 0 Å². The van der Waals surface area contributed by atoms with Crippen LogP contribution in [-0.2, 0) is 4.74 Å². The molecule has 15 heavy (non-hydrogen) atoms. The Labute approximate surface area is 89.7 Å². The first kappa shape index (κ1) is 11.8. The smallest absolute Gasteiger partial charge is 0.214 e. The highest BCUT2D eigenvalue weighted by Crippen LogP contribution is 2.19. The van der Waals surface area contributed by atoms with Crippen LogP contribution in [-0.4, -0.2) is 28.0 Å². The van der Waals surface area contributed by atoms with Gasteiger partial charge in [-0.3, -0.25) is 9.78 Å². The van der Waals surface area contributed by atoms with E-state index in [0.717, 1.165) is 0 Å². The van der Waals surface area contributed by atoms with Crippen molar-refractivity contribution in [1.82, 2.24) is 9.97 Å². The topological polar surface area (TPSA) is 52.1 Å². The monoisotopic (exact) mass is 208 g/mol. The summed E-state index contributed by atoms with van der Waals surface area (Å²) in [7, 11) is 0. The van der Waals surface area contributed by atoms with Gasteiger partial charge in [0.1, 0.15) is 11.3 Å². The molecule has 0 amide bonds. The summed E-state index contributed by atoms with van der Waals surface area (Å²) in [5, 5.41) is 0. The second kappa shape index (κ2) is 4.98. The highest BCUT2D eigenvalue weighted by atomic mass is 16.5. The first-order valence-corrected chi connectivity index (χ1v) is 5.08. The molecule has 4 nitrogen and oxygen atoms in total. The van der Waals surface area contributed by atoms with Gasteiger partial charge >= 0.3 is 0 Å². The van der Waals surface area contributed by atoms with Gasteiger partial charge in [-0.25, -0.2) is 4.98 Å². The lowest BCUT2D eigenvalue weighted by Crippen LogP contribution is -2.38. The van der Waals surface area contributed by atoms with E-state index in [9.17, 15) is 4.79 Å². The summed E-state index contributed by atoms with van der Waals surface area (Å²) in [4.78, 5) is 19.9. The summed E-state index contributed by atoms with van der Waals surface area (Å²) >= 11 is 0. The zero-order chi connectivity index (χ0) is 11.3. The minimum Gasteiger partial charge on any atom is -0.367 e. The summed E-state index contributed by atoms with van der Waals surface area (Å²) in [6, 6.07) is 0. The van der Waals surface area contributed by atoms with Crippen molar-refractivity contribution < 1.29 is 9.53 Å². The molecule has 1 atom stereocenters. The average molecular weight is 208 g/mol. The molecule has 0 radical (unpaired) electrons. The predicted molar refractivity (Wildman–Crippen MR) is 56.7 cm³/mol. The van der Waals surface area contributed by atoms with Crippen LogP contribution in [0.15, 0.2) is 18.6 Å². The molecule has 1 rings (SSSR count). The summed E-state index contributed by atoms with van der Waals surface area (Å²) in [5.41, 5.74) is -0.430. The van der Waals surface area contributed by atoms with Crippen LogP contribution >= 0.6 is 0 Å². The van der Waals surface area contributed by atoms with E-state index in [0.29, 0.717) is 18.7 Å². The van der Waals surface area contributed by atoms with Crippen LogP contribution in [0.5, 0.6) is 0 Å². The summed E-state index contributed by atoms with van der Waals surface area (Å²) in [5.74, 6) is -0.111. The fourth-order valence-electron chi connectivity index (χ4n) is 1.33. The maximum atomic E-state index is 12.1. The Kier molecular flexibility index (Phi) is 3.91. The second-order valence-corrected chi connectivity index (χ2v) is 3.44. The number of rotatable bonds is 5. The van der Waals surface area contributed by atoms with E-state index in [2.05, 4.69) is 9.97 Å². The van der Waals surface area contributed by atoms with Gasteiger partial charge in [-0.15, -0.1) is 0 Å². The maximum Gasteiger partial charge on any atom is 0.214 e. The lowest BCUT2D eigenvalue weighted by molar-refractivity contribution is -0.0119. The van der Waals surface area contributed by atoms with Crippen molar-refractivity contribution in [2.24, 2.45) is 0 Å². The molecule has 0 spiro atoms. The standard InChI is InChI=1S/C11H16N2O2/c1-4-11(3,15-5-2)10(14)9-8-12-6-7-13-9/h6-8H,4-5H2,1-3H3. The van der Waals surface area contributed by atoms with E-state index in [-0.39, 0.29) is 5.78 Å². The third-order valence-corrected chi connectivity index (χ3v) is 2.41. The van der Waals surface area contributed by atoms with Gasteiger partial charge in [-0.2, -0.15) is 0 Å². The minimum atomic E-state index is -0.787. The SMILES string of the molecule is CCOC(C)(CC)C(=O)c1cnccn1. The van der Waals surface area contributed by atoms with Crippen LogP contribution in [0.1, 0.15) is 37.7 Å². The molecule has 0 aliphatic rings. The number of carbonyl (C=O) groups excluding carboxylic acids is 1. The third kappa shape index (κ3) is 2.59. The van der Waals surface area contributed by atoms with Gasteiger partial charge in [-0.05, 0) is 20.3 Å². The van der Waals surface area contributed by atoms with Gasteiger partial charge in [0.15, 0.2) is 0 Å². The molecule has 0 aliphatic heterocycles. The zero-order valence-electron chi connectivity index (χ0n) is 9.36. The molecule has 82 valence electrons. The molecule has 0 saturated carbocycles. The van der Waals surface area contributed by atoms with E-state index < -0.39 is 5.60 Å². The number of Topliss-reactive ketones (excluding diaryl/α,β-unsaturated/α-hetero) is 1. The van der Waals surface area contributed by atoms with Crippen LogP contribution < -0.4 is 0 Å². The maximum absolute atomic E-state index is 12.1. The summed E-state index contributed by atoms with van der Waals surface area (Å²) < 4.78 is 5.48. The van der Waals surface area contributed by atoms with Crippen molar-refractivity contribution in [1.29, 1.82) is 0 Å². The highest BCUT2D eigenvalue weighted by molar-refractivity contribution is 6.00. The number of carbonyl (C=O) groups is 1. The fourth-order valence-corrected chi connectivity index (χ4v) is 1.33. The quantitative estimate of drug-likeness (QED) is 0.693. The molecule has 0 N–H and O–H groups in total. The van der Waals surface area contributed by atoms with Gasteiger partial charge in [-0.1, -0.05) is 6.92 Å². The van der Waals surface area contributed by atoms with Crippen molar-refractivity contribution in [3.63, 3.8) is 0 Å². The molecule has 0 bridgehead atoms. The summed E-state index contributed by atoms with van der Waals surface area (Å²) in [6.45, 7) is 6.09. The van der Waals surface area contributed by atoms with Crippen LogP contribution in [0, 0.1) is 0 Å². The molecule has 1 heterocycles. The largest absolute Gasteiger partial charge is 0.367 e. The molecular formula is C11H16N2O2. The molecule has 4 heteroatoms. The fraction of sp³-hybridized carbons (Fsp3) is 0.545. The van der Waals surface area contributed by atoms with Crippen LogP contribution in [0.4, 0.5) is 0 Å². The molecule has 1 aromatic heterocycles. The number of ketones is 1. The molecule has 1 aromatic rings. The van der Waals surface area contributed by atoms with Crippen molar-refractivity contribution >= 4 is 5.78 Å².